The molecule has 0 radical (unpaired) electrons. The Kier molecular flexibility index (Phi) is 10.0. The van der Waals surface area contributed by atoms with Crippen molar-refractivity contribution in [3.63, 3.8) is 0 Å². The summed E-state index contributed by atoms with van der Waals surface area (Å²) in [7, 11) is 0. The lowest BCUT2D eigenvalue weighted by atomic mass is 10.1. The van der Waals surface area contributed by atoms with Gasteiger partial charge in [-0.1, -0.05) is 17.3 Å². The van der Waals surface area contributed by atoms with E-state index in [0.717, 1.165) is 0 Å². The molecule has 1 aromatic carbocycles. The number of ether oxygens (including phenoxy) is 6. The first-order valence-electron chi connectivity index (χ1n) is 10.2. The summed E-state index contributed by atoms with van der Waals surface area (Å²) in [5.41, 5.74) is 0.953. The maximum atomic E-state index is 9.66. The van der Waals surface area contributed by atoms with Crippen LogP contribution in [-0.2, 0) is 18.9 Å². The van der Waals surface area contributed by atoms with Crippen molar-refractivity contribution in [3.05, 3.63) is 54.4 Å². The summed E-state index contributed by atoms with van der Waals surface area (Å²) in [6, 6.07) is 10.9. The second-order valence-corrected chi connectivity index (χ2v) is 6.53. The summed E-state index contributed by atoms with van der Waals surface area (Å²) < 4.78 is 34.2. The van der Waals surface area contributed by atoms with Gasteiger partial charge in [0.2, 0.25) is 0 Å². The lowest BCUT2D eigenvalue weighted by Gasteiger charge is -2.21. The van der Waals surface area contributed by atoms with Crippen molar-refractivity contribution in [2.24, 2.45) is 5.16 Å². The van der Waals surface area contributed by atoms with E-state index in [9.17, 15) is 5.21 Å². The van der Waals surface area contributed by atoms with Gasteiger partial charge < -0.3 is 33.6 Å². The highest BCUT2D eigenvalue weighted by molar-refractivity contribution is 6.03. The molecule has 0 saturated carbocycles. The summed E-state index contributed by atoms with van der Waals surface area (Å²) in [6.07, 6.45) is 2.60. The number of benzene rings is 1. The SMILES string of the molecule is ON=C(c1cccnc1)C1COc2ccccc2OCCOCCOCCOCCO1. The predicted octanol–water partition coefficient (Wildman–Crippen LogP) is 2.17. The quantitative estimate of drug-likeness (QED) is 0.438. The van der Waals surface area contributed by atoms with Gasteiger partial charge in [0, 0.05) is 18.0 Å². The minimum Gasteiger partial charge on any atom is -0.487 e. The van der Waals surface area contributed by atoms with Crippen LogP contribution in [0.1, 0.15) is 5.56 Å². The number of pyridine rings is 1. The maximum absolute atomic E-state index is 9.66. The number of hydrogen-bond donors (Lipinski definition) is 1. The molecule has 0 bridgehead atoms. The lowest BCUT2D eigenvalue weighted by molar-refractivity contribution is -0.0167. The van der Waals surface area contributed by atoms with Gasteiger partial charge in [0.25, 0.3) is 0 Å². The van der Waals surface area contributed by atoms with Gasteiger partial charge in [-0.3, -0.25) is 4.98 Å². The van der Waals surface area contributed by atoms with E-state index in [1.807, 2.05) is 24.3 Å². The molecule has 168 valence electrons. The highest BCUT2D eigenvalue weighted by Gasteiger charge is 2.22. The van der Waals surface area contributed by atoms with E-state index in [-0.39, 0.29) is 13.2 Å². The van der Waals surface area contributed by atoms with Crippen LogP contribution in [0, 0.1) is 0 Å². The average molecular weight is 432 g/mol. The lowest BCUT2D eigenvalue weighted by Crippen LogP contribution is -2.33. The fourth-order valence-electron chi connectivity index (χ4n) is 2.88. The summed E-state index contributed by atoms with van der Waals surface area (Å²) in [4.78, 5) is 4.09. The van der Waals surface area contributed by atoms with E-state index < -0.39 is 6.10 Å². The van der Waals surface area contributed by atoms with Crippen LogP contribution in [0.15, 0.2) is 53.9 Å². The van der Waals surface area contributed by atoms with E-state index in [1.54, 1.807) is 24.5 Å². The molecular formula is C22H28N2O7. The van der Waals surface area contributed by atoms with Gasteiger partial charge in [0.05, 0.1) is 46.2 Å². The van der Waals surface area contributed by atoms with Crippen molar-refractivity contribution in [2.75, 3.05) is 59.5 Å². The fourth-order valence-corrected chi connectivity index (χ4v) is 2.88. The van der Waals surface area contributed by atoms with Crippen molar-refractivity contribution in [1.82, 2.24) is 4.98 Å². The zero-order valence-corrected chi connectivity index (χ0v) is 17.4. The molecule has 1 atom stereocenters. The molecule has 0 amide bonds. The summed E-state index contributed by atoms with van der Waals surface area (Å²) in [6.45, 7) is 3.46. The van der Waals surface area contributed by atoms with Crippen molar-refractivity contribution < 1.29 is 33.6 Å². The molecule has 1 aliphatic rings. The molecule has 31 heavy (non-hydrogen) atoms. The molecule has 3 rings (SSSR count). The first kappa shape index (κ1) is 23.0. The van der Waals surface area contributed by atoms with Gasteiger partial charge in [-0.15, -0.1) is 0 Å². The maximum Gasteiger partial charge on any atom is 0.161 e. The van der Waals surface area contributed by atoms with Crippen LogP contribution in [0.5, 0.6) is 11.5 Å². The number of rotatable bonds is 2. The molecule has 0 fully saturated rings. The third kappa shape index (κ3) is 7.80. The number of fused-ring (bicyclic) bond motifs is 1. The van der Waals surface area contributed by atoms with Gasteiger partial charge in [0.15, 0.2) is 11.5 Å². The average Bonchev–Trinajstić information content (AvgIpc) is 2.81. The molecule has 1 aliphatic heterocycles. The highest BCUT2D eigenvalue weighted by Crippen LogP contribution is 2.27. The van der Waals surface area contributed by atoms with Gasteiger partial charge in [-0.2, -0.15) is 0 Å². The van der Waals surface area contributed by atoms with Crippen molar-refractivity contribution in [3.8, 4) is 11.5 Å². The van der Waals surface area contributed by atoms with Crippen molar-refractivity contribution in [2.45, 2.75) is 6.10 Å². The van der Waals surface area contributed by atoms with Gasteiger partial charge in [-0.05, 0) is 24.3 Å². The Morgan fingerprint density at radius 2 is 1.45 bits per heavy atom. The van der Waals surface area contributed by atoms with E-state index in [0.29, 0.717) is 69.0 Å². The Labute approximate surface area is 181 Å². The predicted molar refractivity (Wildman–Crippen MR) is 112 cm³/mol. The third-order valence-corrected chi connectivity index (χ3v) is 4.39. The molecular weight excluding hydrogens is 404 g/mol. The van der Waals surface area contributed by atoms with Gasteiger partial charge in [0.1, 0.15) is 25.0 Å². The van der Waals surface area contributed by atoms with Crippen LogP contribution in [0.3, 0.4) is 0 Å². The first-order valence-corrected chi connectivity index (χ1v) is 10.2. The largest absolute Gasteiger partial charge is 0.487 e. The minimum absolute atomic E-state index is 0.105. The molecule has 2 aromatic rings. The fraction of sp³-hybridized carbons (Fsp3) is 0.455. The second kappa shape index (κ2) is 13.6. The molecule has 0 spiro atoms. The van der Waals surface area contributed by atoms with Crippen LogP contribution in [0.25, 0.3) is 0 Å². The highest BCUT2D eigenvalue weighted by atomic mass is 16.6. The van der Waals surface area contributed by atoms with Crippen LogP contribution >= 0.6 is 0 Å². The first-order chi connectivity index (χ1) is 15.4. The Bertz CT molecular complexity index is 788. The summed E-state index contributed by atoms with van der Waals surface area (Å²) in [5.74, 6) is 1.15. The Hall–Kier alpha value is -2.72. The monoisotopic (exact) mass is 432 g/mol. The van der Waals surface area contributed by atoms with Crippen molar-refractivity contribution in [1.29, 1.82) is 0 Å². The Balaban J connectivity index is 1.72. The van der Waals surface area contributed by atoms with E-state index in [4.69, 9.17) is 28.4 Å². The summed E-state index contributed by atoms with van der Waals surface area (Å²) in [5, 5.41) is 13.1. The normalized spacial score (nSPS) is 20.4. The topological polar surface area (TPSA) is 101 Å². The molecule has 9 heteroatoms. The molecule has 1 aromatic heterocycles. The molecule has 0 saturated heterocycles. The Morgan fingerprint density at radius 1 is 0.806 bits per heavy atom. The van der Waals surface area contributed by atoms with Crippen molar-refractivity contribution >= 4 is 5.71 Å². The van der Waals surface area contributed by atoms with E-state index in [2.05, 4.69) is 10.1 Å². The molecule has 1 unspecified atom stereocenters. The van der Waals surface area contributed by atoms with Crippen LogP contribution < -0.4 is 9.47 Å². The summed E-state index contributed by atoms with van der Waals surface area (Å²) >= 11 is 0. The zero-order valence-electron chi connectivity index (χ0n) is 17.4. The molecule has 0 aliphatic carbocycles. The number of oxime groups is 1. The number of aromatic nitrogens is 1. The minimum atomic E-state index is -0.649. The van der Waals surface area contributed by atoms with Gasteiger partial charge >= 0.3 is 0 Å². The molecule has 2 heterocycles. The molecule has 1 N–H and O–H groups in total. The Morgan fingerprint density at radius 3 is 2.10 bits per heavy atom. The van der Waals surface area contributed by atoms with Crippen LogP contribution in [0.2, 0.25) is 0 Å². The molecule has 9 nitrogen and oxygen atoms in total. The zero-order chi connectivity index (χ0) is 21.6. The van der Waals surface area contributed by atoms with Gasteiger partial charge in [-0.25, -0.2) is 0 Å². The van der Waals surface area contributed by atoms with E-state index >= 15 is 0 Å². The van der Waals surface area contributed by atoms with Crippen LogP contribution in [0.4, 0.5) is 0 Å². The second-order valence-electron chi connectivity index (χ2n) is 6.53. The van der Waals surface area contributed by atoms with E-state index in [1.165, 1.54) is 0 Å². The standard InChI is InChI=1S/C22H28N2O7/c25-24-22(18-4-3-7-23-16-18)21-17-31-20-6-2-1-5-19(20)29-14-12-27-10-8-26-9-11-28-13-15-30-21/h1-7,16,21,25H,8-15,17H2. The number of nitrogens with zero attached hydrogens (tertiary/aromatic N) is 2. The number of para-hydroxylation sites is 2. The smallest absolute Gasteiger partial charge is 0.161 e. The third-order valence-electron chi connectivity index (χ3n) is 4.39. The van der Waals surface area contributed by atoms with Crippen LogP contribution in [-0.4, -0.2) is 81.5 Å². The number of hydrogen-bond acceptors (Lipinski definition) is 9.